The third-order valence-electron chi connectivity index (χ3n) is 5.22. The third-order valence-corrected chi connectivity index (χ3v) is 6.04. The van der Waals surface area contributed by atoms with E-state index in [9.17, 15) is 31.1 Å². The number of terminal acetylenes is 1. The van der Waals surface area contributed by atoms with E-state index in [0.29, 0.717) is 11.9 Å². The number of carbonyl (C=O) groups excluding carboxylic acids is 1. The molecular formula is C26H25F6N3OS. The Morgan fingerprint density at radius 3 is 2.46 bits per heavy atom. The number of amidine groups is 1. The van der Waals surface area contributed by atoms with Crippen molar-refractivity contribution in [2.45, 2.75) is 38.7 Å². The molecular weight excluding hydrogens is 516 g/mol. The fourth-order valence-electron chi connectivity index (χ4n) is 3.41. The predicted molar refractivity (Wildman–Crippen MR) is 135 cm³/mol. The van der Waals surface area contributed by atoms with Crippen LogP contribution in [-0.2, 0) is 18.8 Å². The second-order valence-corrected chi connectivity index (χ2v) is 8.69. The maximum absolute atomic E-state index is 12.4. The first-order valence-electron chi connectivity index (χ1n) is 11.0. The number of alkyl halides is 6. The van der Waals surface area contributed by atoms with Gasteiger partial charge in [0.05, 0.1) is 22.1 Å². The van der Waals surface area contributed by atoms with Gasteiger partial charge in [-0.3, -0.25) is 9.79 Å². The summed E-state index contributed by atoms with van der Waals surface area (Å²) in [5.74, 6) is 2.99. The lowest BCUT2D eigenvalue weighted by atomic mass is 9.97. The smallest absolute Gasteiger partial charge is 0.310 e. The van der Waals surface area contributed by atoms with Crippen LogP contribution in [-0.4, -0.2) is 30.7 Å². The van der Waals surface area contributed by atoms with Crippen LogP contribution >= 0.6 is 11.8 Å². The van der Waals surface area contributed by atoms with Gasteiger partial charge in [-0.1, -0.05) is 43.2 Å². The number of thioether (sulfide) groups is 1. The topological polar surface area (TPSA) is 53.5 Å². The molecule has 198 valence electrons. The fourth-order valence-corrected chi connectivity index (χ4v) is 4.17. The van der Waals surface area contributed by atoms with Gasteiger partial charge in [0.2, 0.25) is 0 Å². The summed E-state index contributed by atoms with van der Waals surface area (Å²) in [6, 6.07) is 1.90. The number of aliphatic imine (C=N–C) groups is 1. The second kappa shape index (κ2) is 12.8. The molecule has 1 amide bonds. The van der Waals surface area contributed by atoms with Gasteiger partial charge in [-0.25, -0.2) is 0 Å². The number of benzene rings is 1. The van der Waals surface area contributed by atoms with Crippen LogP contribution in [0.2, 0.25) is 0 Å². The van der Waals surface area contributed by atoms with E-state index in [-0.39, 0.29) is 35.9 Å². The number of amides is 1. The summed E-state index contributed by atoms with van der Waals surface area (Å²) in [7, 11) is 1.93. The lowest BCUT2D eigenvalue weighted by molar-refractivity contribution is -0.143. The SMILES string of the molecule is C#CCN=C1NC(=O)S/C1=C\C1=CC(=C/C)/C(NC)C=C1.CCc1ccc(C(F)(F)F)cc1C(F)(F)F. The molecule has 1 aliphatic carbocycles. The maximum Gasteiger partial charge on any atom is 0.416 e. The van der Waals surface area contributed by atoms with Gasteiger partial charge in [-0.15, -0.1) is 6.42 Å². The number of nitrogens with one attached hydrogen (secondary N) is 2. The number of hydrogen-bond acceptors (Lipinski definition) is 4. The van der Waals surface area contributed by atoms with E-state index in [1.54, 1.807) is 0 Å². The van der Waals surface area contributed by atoms with Crippen molar-refractivity contribution in [1.82, 2.24) is 10.6 Å². The number of carbonyl (C=O) groups is 1. The zero-order chi connectivity index (χ0) is 27.8. The van der Waals surface area contributed by atoms with Crippen LogP contribution in [0.5, 0.6) is 0 Å². The van der Waals surface area contributed by atoms with Crippen LogP contribution in [0.3, 0.4) is 0 Å². The van der Waals surface area contributed by atoms with E-state index in [4.69, 9.17) is 6.42 Å². The first kappa shape index (κ1) is 30.0. The molecule has 2 aliphatic rings. The molecule has 0 aromatic heterocycles. The Balaban J connectivity index is 0.000000271. The van der Waals surface area contributed by atoms with E-state index in [1.165, 1.54) is 12.5 Å². The van der Waals surface area contributed by atoms with Crippen LogP contribution in [0.1, 0.15) is 30.5 Å². The molecule has 1 unspecified atom stereocenters. The van der Waals surface area contributed by atoms with Gasteiger partial charge >= 0.3 is 12.4 Å². The van der Waals surface area contributed by atoms with Gasteiger partial charge in [0, 0.05) is 0 Å². The highest BCUT2D eigenvalue weighted by atomic mass is 32.2. The van der Waals surface area contributed by atoms with Gasteiger partial charge in [-0.2, -0.15) is 26.3 Å². The largest absolute Gasteiger partial charge is 0.416 e. The van der Waals surface area contributed by atoms with Crippen molar-refractivity contribution >= 4 is 22.8 Å². The third kappa shape index (κ3) is 8.40. The summed E-state index contributed by atoms with van der Waals surface area (Å²) in [6.07, 6.45) is 5.96. The Labute approximate surface area is 215 Å². The van der Waals surface area contributed by atoms with Crippen molar-refractivity contribution in [3.63, 3.8) is 0 Å². The molecule has 2 N–H and O–H groups in total. The number of halogens is 6. The van der Waals surface area contributed by atoms with Crippen molar-refractivity contribution in [2.75, 3.05) is 13.6 Å². The molecule has 0 radical (unpaired) electrons. The standard InChI is InChI=1S/C16H17N3OS.C10H8F6/c1-4-8-18-15-14(21-16(20)19-15)10-11-6-7-13(17-3)12(5-2)9-11;1-2-6-3-4-7(9(11,12)13)5-8(6)10(14,15)16/h1,5-7,9-10,13,17H,8H2,2-3H3,(H,18,19,20);3-5H,2H2,1H3/b12-5-,14-10-;. The number of nitrogens with zero attached hydrogens (tertiary/aromatic N) is 1. The molecule has 1 aliphatic heterocycles. The zero-order valence-electron chi connectivity index (χ0n) is 20.2. The average molecular weight is 542 g/mol. The molecule has 0 bridgehead atoms. The number of allylic oxidation sites excluding steroid dienone is 4. The lowest BCUT2D eigenvalue weighted by Gasteiger charge is -2.18. The van der Waals surface area contributed by atoms with Crippen LogP contribution in [0.25, 0.3) is 0 Å². The molecule has 3 rings (SSSR count). The fraction of sp³-hybridized carbons (Fsp3) is 0.308. The van der Waals surface area contributed by atoms with Crippen molar-refractivity contribution < 1.29 is 31.1 Å². The van der Waals surface area contributed by atoms with Gasteiger partial charge in [0.25, 0.3) is 5.24 Å². The highest BCUT2D eigenvalue weighted by molar-refractivity contribution is 8.18. The second-order valence-electron chi connectivity index (χ2n) is 7.67. The van der Waals surface area contributed by atoms with Gasteiger partial charge in [0.15, 0.2) is 0 Å². The van der Waals surface area contributed by atoms with Crippen molar-refractivity contribution in [2.24, 2.45) is 4.99 Å². The highest BCUT2D eigenvalue weighted by Crippen LogP contribution is 2.37. The number of rotatable bonds is 4. The normalized spacial score (nSPS) is 21.0. The average Bonchev–Trinajstić information content (AvgIpc) is 3.19. The van der Waals surface area contributed by atoms with E-state index in [2.05, 4.69) is 39.8 Å². The summed E-state index contributed by atoms with van der Waals surface area (Å²) < 4.78 is 74.0. The zero-order valence-corrected chi connectivity index (χ0v) is 21.0. The van der Waals surface area contributed by atoms with Gasteiger partial charge in [-0.05, 0) is 67.1 Å². The summed E-state index contributed by atoms with van der Waals surface area (Å²) in [5, 5.41) is 5.80. The van der Waals surface area contributed by atoms with Gasteiger partial charge < -0.3 is 10.6 Å². The Morgan fingerprint density at radius 2 is 1.92 bits per heavy atom. The molecule has 37 heavy (non-hydrogen) atoms. The van der Waals surface area contributed by atoms with Gasteiger partial charge in [0.1, 0.15) is 12.4 Å². The first-order chi connectivity index (χ1) is 17.3. The lowest BCUT2D eigenvalue weighted by Crippen LogP contribution is -2.25. The summed E-state index contributed by atoms with van der Waals surface area (Å²) in [6.45, 7) is 3.72. The minimum absolute atomic E-state index is 0.0347. The number of aryl methyl sites for hydroxylation is 1. The molecule has 4 nitrogen and oxygen atoms in total. The number of likely N-dealkylation sites (N-methyl/N-ethyl adjacent to an activating group) is 1. The molecule has 11 heteroatoms. The van der Waals surface area contributed by atoms with E-state index >= 15 is 0 Å². The molecule has 0 saturated carbocycles. The minimum Gasteiger partial charge on any atom is -0.310 e. The highest BCUT2D eigenvalue weighted by Gasteiger charge is 2.37. The monoisotopic (exact) mass is 541 g/mol. The van der Waals surface area contributed by atoms with Crippen LogP contribution in [0, 0.1) is 12.3 Å². The Bertz CT molecular complexity index is 1200. The van der Waals surface area contributed by atoms with Crippen LogP contribution < -0.4 is 10.6 Å². The minimum atomic E-state index is -4.76. The Morgan fingerprint density at radius 1 is 1.22 bits per heavy atom. The summed E-state index contributed by atoms with van der Waals surface area (Å²) >= 11 is 1.14. The van der Waals surface area contributed by atoms with Crippen molar-refractivity contribution in [3.8, 4) is 12.3 Å². The van der Waals surface area contributed by atoms with Crippen LogP contribution in [0.15, 0.2) is 69.6 Å². The van der Waals surface area contributed by atoms with Crippen LogP contribution in [0.4, 0.5) is 31.1 Å². The molecule has 0 spiro atoms. The molecule has 1 saturated heterocycles. The quantitative estimate of drug-likeness (QED) is 0.331. The van der Waals surface area contributed by atoms with E-state index in [0.717, 1.165) is 28.3 Å². The molecule has 1 atom stereocenters. The Hall–Kier alpha value is -3.23. The van der Waals surface area contributed by atoms with Crippen molar-refractivity contribution in [3.05, 3.63) is 81.3 Å². The maximum atomic E-state index is 12.4. The van der Waals surface area contributed by atoms with E-state index < -0.39 is 23.5 Å². The first-order valence-corrected chi connectivity index (χ1v) is 11.8. The molecule has 1 aromatic rings. The molecule has 1 fully saturated rings. The number of hydrogen-bond donors (Lipinski definition) is 2. The summed E-state index contributed by atoms with van der Waals surface area (Å²) in [4.78, 5) is 16.5. The predicted octanol–water partition coefficient (Wildman–Crippen LogP) is 6.68. The molecule has 1 heterocycles. The molecule has 1 aromatic carbocycles. The summed E-state index contributed by atoms with van der Waals surface area (Å²) in [5.41, 5.74) is -0.416. The van der Waals surface area contributed by atoms with E-state index in [1.807, 2.05) is 26.1 Å². The Kier molecular flexibility index (Phi) is 10.4. The van der Waals surface area contributed by atoms with Crippen molar-refractivity contribution in [1.29, 1.82) is 0 Å².